The van der Waals surface area contributed by atoms with Crippen molar-refractivity contribution < 1.29 is 29.6 Å². The number of aliphatic hydroxyl groups is 3. The summed E-state index contributed by atoms with van der Waals surface area (Å²) in [6, 6.07) is 20.1. The van der Waals surface area contributed by atoms with Crippen molar-refractivity contribution >= 4 is 23.2 Å². The van der Waals surface area contributed by atoms with Crippen LogP contribution in [0.5, 0.6) is 5.75 Å². The van der Waals surface area contributed by atoms with E-state index in [-0.39, 0.29) is 24.9 Å². The molecule has 0 saturated carbocycles. The van der Waals surface area contributed by atoms with Crippen molar-refractivity contribution in [3.05, 3.63) is 94.0 Å². The average Bonchev–Trinajstić information content (AvgIpc) is 2.95. The highest BCUT2D eigenvalue weighted by Crippen LogP contribution is 2.40. The lowest BCUT2D eigenvalue weighted by Crippen LogP contribution is -2.66. The number of hydrogen-bond acceptors (Lipinski definition) is 7. The molecule has 0 radical (unpaired) electrons. The zero-order valence-corrected chi connectivity index (χ0v) is 23.1. The Morgan fingerprint density at radius 2 is 1.92 bits per heavy atom. The van der Waals surface area contributed by atoms with E-state index in [1.54, 1.807) is 18.2 Å². The first-order valence-electron chi connectivity index (χ1n) is 12.9. The summed E-state index contributed by atoms with van der Waals surface area (Å²) < 4.78 is 11.3. The van der Waals surface area contributed by atoms with Gasteiger partial charge in [-0.05, 0) is 72.9 Å². The number of nitrogens with zero attached hydrogens (tertiary/aromatic N) is 1. The van der Waals surface area contributed by atoms with Crippen LogP contribution in [-0.2, 0) is 11.2 Å². The lowest BCUT2D eigenvalue weighted by atomic mass is 9.87. The zero-order valence-electron chi connectivity index (χ0n) is 22.4. The third-order valence-corrected chi connectivity index (χ3v) is 7.61. The van der Waals surface area contributed by atoms with E-state index in [1.807, 2.05) is 49.4 Å². The number of amides is 1. The molecule has 3 aromatic carbocycles. The van der Waals surface area contributed by atoms with E-state index in [0.29, 0.717) is 35.7 Å². The number of carbonyl (C=O) groups is 1. The number of hydrogen-bond donors (Lipinski definition) is 4. The van der Waals surface area contributed by atoms with Crippen LogP contribution in [0.25, 0.3) is 0 Å². The van der Waals surface area contributed by atoms with Crippen LogP contribution in [0.3, 0.4) is 0 Å². The number of carbonyl (C=O) groups excluding carboxylic acids is 1. The summed E-state index contributed by atoms with van der Waals surface area (Å²) in [4.78, 5) is 13.1. The normalized spacial score (nSPS) is 19.4. The highest BCUT2D eigenvalue weighted by Gasteiger charge is 2.55. The molecule has 1 heterocycles. The molecule has 0 aromatic heterocycles. The molecule has 208 valence electrons. The fraction of sp³-hybridized carbons (Fsp3) is 0.367. The molecule has 3 aromatic rings. The van der Waals surface area contributed by atoms with Crippen LogP contribution in [0.2, 0.25) is 5.02 Å². The minimum absolute atomic E-state index is 0.0268. The molecule has 9 heteroatoms. The van der Waals surface area contributed by atoms with Crippen LogP contribution in [0.15, 0.2) is 66.7 Å². The van der Waals surface area contributed by atoms with E-state index < -0.39 is 11.7 Å². The predicted octanol–water partition coefficient (Wildman–Crippen LogP) is 4.05. The van der Waals surface area contributed by atoms with Gasteiger partial charge in [-0.25, -0.2) is 0 Å². The van der Waals surface area contributed by atoms with Gasteiger partial charge < -0.3 is 35.0 Å². The van der Waals surface area contributed by atoms with E-state index in [9.17, 15) is 20.1 Å². The van der Waals surface area contributed by atoms with Gasteiger partial charge in [0.25, 0.3) is 5.91 Å². The summed E-state index contributed by atoms with van der Waals surface area (Å²) >= 11 is 6.51. The Bertz CT molecular complexity index is 1290. The number of benzene rings is 3. The second-order valence-electron chi connectivity index (χ2n) is 9.76. The van der Waals surface area contributed by atoms with Crippen molar-refractivity contribution in [3.63, 3.8) is 0 Å². The molecule has 4 N–H and O–H groups in total. The molecular weight excluding hydrogens is 520 g/mol. The van der Waals surface area contributed by atoms with Gasteiger partial charge in [-0.15, -0.1) is 0 Å². The number of rotatable bonds is 9. The van der Waals surface area contributed by atoms with Crippen LogP contribution in [0.1, 0.15) is 52.7 Å². The van der Waals surface area contributed by atoms with E-state index in [0.717, 1.165) is 27.3 Å². The molecule has 1 fully saturated rings. The Hall–Kier alpha value is -3.14. The quantitative estimate of drug-likeness (QED) is 0.295. The second kappa shape index (κ2) is 11.9. The van der Waals surface area contributed by atoms with Crippen molar-refractivity contribution in [1.82, 2.24) is 5.32 Å². The molecule has 1 saturated heterocycles. The molecule has 4 rings (SSSR count). The van der Waals surface area contributed by atoms with Crippen LogP contribution in [0.4, 0.5) is 5.69 Å². The number of anilines is 1. The number of likely N-dealkylation sites (N-methyl/N-ethyl adjacent to an activating group) is 1. The molecule has 0 spiro atoms. The molecule has 1 aliphatic heterocycles. The maximum absolute atomic E-state index is 12.0. The van der Waals surface area contributed by atoms with Gasteiger partial charge in [0.15, 0.2) is 0 Å². The summed E-state index contributed by atoms with van der Waals surface area (Å²) in [6.45, 7) is 2.64. The Morgan fingerprint density at radius 3 is 2.56 bits per heavy atom. The summed E-state index contributed by atoms with van der Waals surface area (Å²) in [7, 11) is 2.93. The topological polar surface area (TPSA) is 111 Å². The predicted molar refractivity (Wildman–Crippen MR) is 150 cm³/mol. The van der Waals surface area contributed by atoms with Crippen LogP contribution >= 0.6 is 11.6 Å². The fourth-order valence-corrected chi connectivity index (χ4v) is 4.99. The van der Waals surface area contributed by atoms with Crippen molar-refractivity contribution in [2.75, 3.05) is 32.2 Å². The minimum atomic E-state index is -2.75. The first-order valence-corrected chi connectivity index (χ1v) is 13.3. The third kappa shape index (κ3) is 6.21. The van der Waals surface area contributed by atoms with Crippen molar-refractivity contribution in [2.24, 2.45) is 0 Å². The zero-order chi connectivity index (χ0) is 28.2. The first kappa shape index (κ1) is 28.9. The van der Waals surface area contributed by atoms with E-state index >= 15 is 0 Å². The molecule has 2 atom stereocenters. The Morgan fingerprint density at radius 1 is 1.18 bits per heavy atom. The van der Waals surface area contributed by atoms with Gasteiger partial charge >= 0.3 is 5.91 Å². The lowest BCUT2D eigenvalue weighted by molar-refractivity contribution is -0.381. The van der Waals surface area contributed by atoms with Crippen molar-refractivity contribution in [3.8, 4) is 5.75 Å². The summed E-state index contributed by atoms with van der Waals surface area (Å²) in [5, 5.41) is 36.5. The molecule has 0 aliphatic carbocycles. The Labute approximate surface area is 233 Å². The smallest absolute Gasteiger partial charge is 0.303 e. The van der Waals surface area contributed by atoms with E-state index in [1.165, 1.54) is 20.2 Å². The summed E-state index contributed by atoms with van der Waals surface area (Å²) in [5.74, 6) is -4.57. The van der Waals surface area contributed by atoms with Gasteiger partial charge in [-0.2, -0.15) is 0 Å². The molecule has 2 unspecified atom stereocenters. The number of ether oxygens (including phenoxy) is 2. The molecule has 0 bridgehead atoms. The molecule has 1 amide bonds. The highest BCUT2D eigenvalue weighted by molar-refractivity contribution is 6.31. The summed E-state index contributed by atoms with van der Waals surface area (Å²) in [6.07, 6.45) is 1.07. The van der Waals surface area contributed by atoms with Crippen molar-refractivity contribution in [2.45, 2.75) is 43.8 Å². The van der Waals surface area contributed by atoms with Crippen molar-refractivity contribution in [1.29, 1.82) is 0 Å². The van der Waals surface area contributed by atoms with Crippen LogP contribution < -0.4 is 15.0 Å². The van der Waals surface area contributed by atoms with E-state index in [4.69, 9.17) is 21.1 Å². The van der Waals surface area contributed by atoms with Gasteiger partial charge in [0.1, 0.15) is 5.75 Å². The largest absolute Gasteiger partial charge is 0.494 e. The SMILES string of the molecule is CCOc1ccc(Cc2cc(C3CCC(O)(C(O)(O)N(C)c4cccc(C(=O)NC)c4)OC3)ccc2Cl)cc1. The minimum Gasteiger partial charge on any atom is -0.494 e. The standard InChI is InChI=1S/C30H35ClN2O6/c1-4-38-26-11-8-20(9-12-26)16-24-17-21(10-13-27(24)31)23-14-15-29(35,39-19-23)30(36,37)33(3)25-7-5-6-22(18-25)28(34)32-2/h5-13,17-18,23,35-37H,4,14-16,19H2,1-3H3,(H,32,34). The molecule has 1 aliphatic rings. The van der Waals surface area contributed by atoms with Crippen LogP contribution in [-0.4, -0.2) is 60.2 Å². The fourth-order valence-electron chi connectivity index (χ4n) is 4.81. The van der Waals surface area contributed by atoms with Gasteiger partial charge in [0.2, 0.25) is 5.79 Å². The van der Waals surface area contributed by atoms with Crippen LogP contribution in [0, 0.1) is 0 Å². The maximum atomic E-state index is 12.0. The molecule has 8 nitrogen and oxygen atoms in total. The summed E-state index contributed by atoms with van der Waals surface area (Å²) in [5.41, 5.74) is 3.74. The Balaban J connectivity index is 1.46. The molecular formula is C30H35ClN2O6. The monoisotopic (exact) mass is 554 g/mol. The lowest BCUT2D eigenvalue weighted by Gasteiger charge is -2.47. The second-order valence-corrected chi connectivity index (χ2v) is 10.2. The van der Waals surface area contributed by atoms with Gasteiger partial charge in [-0.1, -0.05) is 41.9 Å². The van der Waals surface area contributed by atoms with E-state index in [2.05, 4.69) is 5.32 Å². The average molecular weight is 555 g/mol. The maximum Gasteiger partial charge on any atom is 0.303 e. The van der Waals surface area contributed by atoms with Gasteiger partial charge in [0, 0.05) is 42.7 Å². The number of halogens is 1. The molecule has 39 heavy (non-hydrogen) atoms. The third-order valence-electron chi connectivity index (χ3n) is 7.24. The Kier molecular flexibility index (Phi) is 8.83. The van der Waals surface area contributed by atoms with Gasteiger partial charge in [0.05, 0.1) is 13.2 Å². The highest BCUT2D eigenvalue weighted by atomic mass is 35.5. The number of nitrogens with one attached hydrogen (secondary N) is 1. The first-order chi connectivity index (χ1) is 18.6. The van der Waals surface area contributed by atoms with Gasteiger partial charge in [-0.3, -0.25) is 4.79 Å².